The van der Waals surface area contributed by atoms with Crippen molar-refractivity contribution in [1.29, 1.82) is 0 Å². The lowest BCUT2D eigenvalue weighted by Gasteiger charge is -2.23. The Morgan fingerprint density at radius 3 is 2.35 bits per heavy atom. The molecule has 0 unspecified atom stereocenters. The predicted octanol–water partition coefficient (Wildman–Crippen LogP) is 3.46. The van der Waals surface area contributed by atoms with E-state index in [9.17, 15) is 9.59 Å². The second-order valence-corrected chi connectivity index (χ2v) is 6.49. The van der Waals surface area contributed by atoms with Crippen LogP contribution in [0.2, 0.25) is 0 Å². The molecule has 1 aromatic carbocycles. The second-order valence-electron chi connectivity index (χ2n) is 5.57. The molecule has 0 aromatic heterocycles. The molecule has 1 aromatic rings. The van der Waals surface area contributed by atoms with Gasteiger partial charge in [-0.2, -0.15) is 0 Å². The molecule has 0 radical (unpaired) electrons. The number of carbonyl (C=O) groups excluding carboxylic acids is 1. The molecular formula is C15H20BrNO3. The van der Waals surface area contributed by atoms with Crippen molar-refractivity contribution in [2.75, 3.05) is 6.54 Å². The maximum Gasteiger partial charge on any atom is 0.303 e. The van der Waals surface area contributed by atoms with Crippen molar-refractivity contribution in [3.05, 3.63) is 34.3 Å². The lowest BCUT2D eigenvalue weighted by Crippen LogP contribution is -2.28. The van der Waals surface area contributed by atoms with Gasteiger partial charge in [0.2, 0.25) is 0 Å². The third-order valence-electron chi connectivity index (χ3n) is 3.21. The Balaban J connectivity index is 2.38. The summed E-state index contributed by atoms with van der Waals surface area (Å²) in [5, 5.41) is 11.5. The smallest absolute Gasteiger partial charge is 0.303 e. The summed E-state index contributed by atoms with van der Waals surface area (Å²) in [4.78, 5) is 22.5. The number of nitrogens with one attached hydrogen (secondary N) is 1. The van der Waals surface area contributed by atoms with Gasteiger partial charge in [0.15, 0.2) is 0 Å². The highest BCUT2D eigenvalue weighted by molar-refractivity contribution is 9.10. The van der Waals surface area contributed by atoms with Crippen LogP contribution in [0.15, 0.2) is 28.7 Å². The van der Waals surface area contributed by atoms with Crippen LogP contribution in [-0.4, -0.2) is 23.5 Å². The Hall–Kier alpha value is -1.36. The Bertz CT molecular complexity index is 469. The summed E-state index contributed by atoms with van der Waals surface area (Å²) in [6.45, 7) is 4.57. The number of rotatable bonds is 7. The van der Waals surface area contributed by atoms with Crippen molar-refractivity contribution in [3.63, 3.8) is 0 Å². The Labute approximate surface area is 127 Å². The number of carboxylic acid groups (broad SMARTS) is 1. The van der Waals surface area contributed by atoms with Crippen LogP contribution in [0.3, 0.4) is 0 Å². The Morgan fingerprint density at radius 2 is 1.80 bits per heavy atom. The van der Waals surface area contributed by atoms with Crippen LogP contribution in [0, 0.1) is 5.41 Å². The maximum absolute atomic E-state index is 11.9. The van der Waals surface area contributed by atoms with E-state index in [-0.39, 0.29) is 17.7 Å². The monoisotopic (exact) mass is 341 g/mol. The fraction of sp³-hybridized carbons (Fsp3) is 0.467. The van der Waals surface area contributed by atoms with E-state index in [2.05, 4.69) is 21.2 Å². The van der Waals surface area contributed by atoms with Gasteiger partial charge in [-0.05, 0) is 42.5 Å². The highest BCUT2D eigenvalue weighted by Gasteiger charge is 2.19. The van der Waals surface area contributed by atoms with E-state index in [0.717, 1.165) is 10.9 Å². The number of aliphatic carboxylic acids is 1. The average molecular weight is 342 g/mol. The van der Waals surface area contributed by atoms with Crippen LogP contribution in [-0.2, 0) is 4.79 Å². The van der Waals surface area contributed by atoms with Gasteiger partial charge in [0, 0.05) is 23.0 Å². The molecule has 0 aliphatic rings. The zero-order valence-corrected chi connectivity index (χ0v) is 13.4. The van der Waals surface area contributed by atoms with E-state index in [1.165, 1.54) is 0 Å². The maximum atomic E-state index is 11.9. The number of carbonyl (C=O) groups is 2. The van der Waals surface area contributed by atoms with Gasteiger partial charge < -0.3 is 10.4 Å². The number of benzene rings is 1. The lowest BCUT2D eigenvalue weighted by atomic mass is 9.84. The summed E-state index contributed by atoms with van der Waals surface area (Å²) in [5.41, 5.74) is 0.530. The molecule has 2 N–H and O–H groups in total. The van der Waals surface area contributed by atoms with E-state index >= 15 is 0 Å². The molecule has 1 amide bonds. The fourth-order valence-corrected chi connectivity index (χ4v) is 2.05. The van der Waals surface area contributed by atoms with Gasteiger partial charge in [0.1, 0.15) is 0 Å². The van der Waals surface area contributed by atoms with E-state index in [1.54, 1.807) is 12.1 Å². The first-order valence-corrected chi connectivity index (χ1v) is 7.35. The topological polar surface area (TPSA) is 66.4 Å². The largest absolute Gasteiger partial charge is 0.481 e. The lowest BCUT2D eigenvalue weighted by molar-refractivity contribution is -0.137. The van der Waals surface area contributed by atoms with Crippen molar-refractivity contribution in [2.45, 2.75) is 33.1 Å². The number of carboxylic acids is 1. The summed E-state index contributed by atoms with van der Waals surface area (Å²) in [6, 6.07) is 7.17. The molecule has 0 aliphatic heterocycles. The molecule has 5 heteroatoms. The molecule has 110 valence electrons. The van der Waals surface area contributed by atoms with Gasteiger partial charge >= 0.3 is 5.97 Å². The van der Waals surface area contributed by atoms with Gasteiger partial charge in [-0.15, -0.1) is 0 Å². The van der Waals surface area contributed by atoms with Crippen molar-refractivity contribution < 1.29 is 14.7 Å². The predicted molar refractivity (Wildman–Crippen MR) is 81.7 cm³/mol. The summed E-state index contributed by atoms with van der Waals surface area (Å²) >= 11 is 3.32. The van der Waals surface area contributed by atoms with Crippen LogP contribution in [0.1, 0.15) is 43.5 Å². The van der Waals surface area contributed by atoms with Crippen molar-refractivity contribution in [2.24, 2.45) is 5.41 Å². The molecular weight excluding hydrogens is 322 g/mol. The Morgan fingerprint density at radius 1 is 1.20 bits per heavy atom. The van der Waals surface area contributed by atoms with Crippen LogP contribution in [0.25, 0.3) is 0 Å². The zero-order chi connectivity index (χ0) is 15.2. The van der Waals surface area contributed by atoms with E-state index in [4.69, 9.17) is 5.11 Å². The van der Waals surface area contributed by atoms with Crippen LogP contribution >= 0.6 is 15.9 Å². The number of amides is 1. The first-order chi connectivity index (χ1) is 9.30. The number of hydrogen-bond acceptors (Lipinski definition) is 2. The third kappa shape index (κ3) is 6.19. The molecule has 0 spiro atoms. The molecule has 0 heterocycles. The average Bonchev–Trinajstić information content (AvgIpc) is 2.37. The van der Waals surface area contributed by atoms with E-state index in [0.29, 0.717) is 18.5 Å². The van der Waals surface area contributed by atoms with Gasteiger partial charge in [0.25, 0.3) is 5.91 Å². The quantitative estimate of drug-likeness (QED) is 0.797. The van der Waals surface area contributed by atoms with Crippen molar-refractivity contribution >= 4 is 27.8 Å². The highest BCUT2D eigenvalue weighted by Crippen LogP contribution is 2.26. The molecule has 0 fully saturated rings. The van der Waals surface area contributed by atoms with Gasteiger partial charge in [-0.3, -0.25) is 9.59 Å². The third-order valence-corrected chi connectivity index (χ3v) is 3.74. The normalized spacial score (nSPS) is 11.2. The molecule has 0 saturated heterocycles. The first kappa shape index (κ1) is 16.7. The molecule has 0 saturated carbocycles. The fourth-order valence-electron chi connectivity index (χ4n) is 1.79. The molecule has 4 nitrogen and oxygen atoms in total. The van der Waals surface area contributed by atoms with Crippen LogP contribution in [0.5, 0.6) is 0 Å². The van der Waals surface area contributed by atoms with Crippen molar-refractivity contribution in [1.82, 2.24) is 5.32 Å². The van der Waals surface area contributed by atoms with Gasteiger partial charge in [-0.25, -0.2) is 0 Å². The summed E-state index contributed by atoms with van der Waals surface area (Å²) in [6.07, 6.45) is 1.52. The summed E-state index contributed by atoms with van der Waals surface area (Å²) < 4.78 is 0.934. The SMILES string of the molecule is CC(C)(CCNC(=O)c1ccc(Br)cc1)CCC(=O)O. The molecule has 0 atom stereocenters. The molecule has 0 aliphatic carbocycles. The highest BCUT2D eigenvalue weighted by atomic mass is 79.9. The van der Waals surface area contributed by atoms with E-state index in [1.807, 2.05) is 26.0 Å². The molecule has 20 heavy (non-hydrogen) atoms. The zero-order valence-electron chi connectivity index (χ0n) is 11.8. The minimum Gasteiger partial charge on any atom is -0.481 e. The molecule has 1 rings (SSSR count). The van der Waals surface area contributed by atoms with Crippen molar-refractivity contribution in [3.8, 4) is 0 Å². The van der Waals surface area contributed by atoms with Crippen LogP contribution in [0.4, 0.5) is 0 Å². The summed E-state index contributed by atoms with van der Waals surface area (Å²) in [5.74, 6) is -0.886. The van der Waals surface area contributed by atoms with E-state index < -0.39 is 5.97 Å². The number of hydrogen-bond donors (Lipinski definition) is 2. The standard InChI is InChI=1S/C15H20BrNO3/c1-15(2,8-7-13(18)19)9-10-17-14(20)11-3-5-12(16)6-4-11/h3-6H,7-10H2,1-2H3,(H,17,20)(H,18,19). The molecule has 0 bridgehead atoms. The minimum atomic E-state index is -0.781. The first-order valence-electron chi connectivity index (χ1n) is 6.56. The van der Waals surface area contributed by atoms with Gasteiger partial charge in [0.05, 0.1) is 0 Å². The van der Waals surface area contributed by atoms with Gasteiger partial charge in [-0.1, -0.05) is 29.8 Å². The minimum absolute atomic E-state index is 0.0919. The Kier molecular flexibility index (Phi) is 6.20. The number of halogens is 1. The summed E-state index contributed by atoms with van der Waals surface area (Å²) in [7, 11) is 0. The second kappa shape index (κ2) is 7.43. The van der Waals surface area contributed by atoms with Crippen LogP contribution < -0.4 is 5.32 Å².